The molecule has 0 saturated heterocycles. The van der Waals surface area contributed by atoms with Crippen LogP contribution in [0.15, 0.2) is 18.2 Å². The minimum absolute atomic E-state index is 0.0823. The van der Waals surface area contributed by atoms with E-state index in [0.717, 1.165) is 23.1 Å². The van der Waals surface area contributed by atoms with Gasteiger partial charge in [0.2, 0.25) is 0 Å². The highest BCUT2D eigenvalue weighted by molar-refractivity contribution is 8.13. The first-order chi connectivity index (χ1) is 8.16. The summed E-state index contributed by atoms with van der Waals surface area (Å²) in [6, 6.07) is 5.70. The third-order valence-electron chi connectivity index (χ3n) is 2.61. The van der Waals surface area contributed by atoms with Gasteiger partial charge in [-0.2, -0.15) is 0 Å². The van der Waals surface area contributed by atoms with Crippen molar-refractivity contribution in [3.05, 3.63) is 34.9 Å². The molecule has 0 radical (unpaired) electrons. The minimum atomic E-state index is 0.0823. The molecule has 0 bridgehead atoms. The second kappa shape index (κ2) is 5.20. The van der Waals surface area contributed by atoms with Crippen molar-refractivity contribution in [1.29, 1.82) is 0 Å². The topological polar surface area (TPSA) is 34.1 Å². The molecule has 0 heterocycles. The second-order valence-corrected chi connectivity index (χ2v) is 5.03. The molecule has 2 nitrogen and oxygen atoms in total. The molecular weight excluding hydrogens is 232 g/mol. The van der Waals surface area contributed by atoms with E-state index in [1.807, 2.05) is 18.2 Å². The van der Waals surface area contributed by atoms with Crippen molar-refractivity contribution in [3.63, 3.8) is 0 Å². The fourth-order valence-corrected chi connectivity index (χ4v) is 2.16. The predicted molar refractivity (Wildman–Crippen MR) is 69.1 cm³/mol. The second-order valence-electron chi connectivity index (χ2n) is 3.88. The lowest BCUT2D eigenvalue weighted by Crippen LogP contribution is -1.90. The Kier molecular flexibility index (Phi) is 3.65. The molecule has 0 fully saturated rings. The summed E-state index contributed by atoms with van der Waals surface area (Å²) in [5.74, 6) is 6.70. The maximum Gasteiger partial charge on any atom is 0.186 e. The average Bonchev–Trinajstić information content (AvgIpc) is 2.66. The van der Waals surface area contributed by atoms with E-state index in [0.29, 0.717) is 12.2 Å². The third-order valence-corrected chi connectivity index (χ3v) is 3.30. The van der Waals surface area contributed by atoms with Crippen LogP contribution in [0.3, 0.4) is 0 Å². The summed E-state index contributed by atoms with van der Waals surface area (Å²) in [7, 11) is 0. The highest BCUT2D eigenvalue weighted by Crippen LogP contribution is 2.22. The van der Waals surface area contributed by atoms with Crippen LogP contribution in [0.4, 0.5) is 0 Å². The van der Waals surface area contributed by atoms with Gasteiger partial charge in [-0.3, -0.25) is 9.59 Å². The smallest absolute Gasteiger partial charge is 0.186 e. The van der Waals surface area contributed by atoms with Gasteiger partial charge in [0.25, 0.3) is 0 Å². The molecular formula is C14H12O2S. The van der Waals surface area contributed by atoms with Crippen molar-refractivity contribution in [2.75, 3.05) is 5.75 Å². The van der Waals surface area contributed by atoms with Crippen LogP contribution in [-0.4, -0.2) is 16.7 Å². The van der Waals surface area contributed by atoms with Gasteiger partial charge < -0.3 is 0 Å². The van der Waals surface area contributed by atoms with Gasteiger partial charge in [0.1, 0.15) is 0 Å². The highest BCUT2D eigenvalue weighted by atomic mass is 32.2. The van der Waals surface area contributed by atoms with Crippen molar-refractivity contribution in [2.45, 2.75) is 19.8 Å². The standard InChI is InChI=1S/C14H12O2S/c1-10(15)17-8-2-3-11-4-6-13-12(9-11)5-7-14(13)16/h4,6,9H,5,7-8H2,1H3. The van der Waals surface area contributed by atoms with E-state index in [1.54, 1.807) is 0 Å². The van der Waals surface area contributed by atoms with Crippen LogP contribution in [0.5, 0.6) is 0 Å². The van der Waals surface area contributed by atoms with Crippen molar-refractivity contribution in [2.24, 2.45) is 0 Å². The van der Waals surface area contributed by atoms with Crippen LogP contribution in [0.1, 0.15) is 34.8 Å². The predicted octanol–water partition coefficient (Wildman–Crippen LogP) is 2.45. The number of ketones is 1. The normalized spacial score (nSPS) is 12.9. The zero-order chi connectivity index (χ0) is 12.3. The molecule has 86 valence electrons. The third kappa shape index (κ3) is 2.98. The van der Waals surface area contributed by atoms with Gasteiger partial charge in [-0.05, 0) is 30.2 Å². The number of aryl methyl sites for hydroxylation is 1. The Morgan fingerprint density at radius 3 is 3.00 bits per heavy atom. The van der Waals surface area contributed by atoms with Crippen molar-refractivity contribution in [1.82, 2.24) is 0 Å². The summed E-state index contributed by atoms with van der Waals surface area (Å²) in [5.41, 5.74) is 2.86. The molecule has 0 aliphatic heterocycles. The van der Waals surface area contributed by atoms with E-state index in [9.17, 15) is 9.59 Å². The number of carbonyl (C=O) groups excluding carboxylic acids is 2. The molecule has 0 atom stereocenters. The Labute approximate surface area is 105 Å². The SMILES string of the molecule is CC(=O)SCC#Cc1ccc2c(c1)CCC2=O. The number of benzene rings is 1. The summed E-state index contributed by atoms with van der Waals surface area (Å²) >= 11 is 1.21. The summed E-state index contributed by atoms with van der Waals surface area (Å²) in [4.78, 5) is 22.1. The Balaban J connectivity index is 2.08. The van der Waals surface area contributed by atoms with Crippen molar-refractivity contribution in [3.8, 4) is 11.8 Å². The first-order valence-electron chi connectivity index (χ1n) is 5.45. The van der Waals surface area contributed by atoms with E-state index in [-0.39, 0.29) is 10.9 Å². The molecule has 0 unspecified atom stereocenters. The number of Topliss-reactive ketones (excluding diaryl/α,β-unsaturated/α-hetero) is 1. The maximum absolute atomic E-state index is 11.4. The molecule has 1 aromatic rings. The van der Waals surface area contributed by atoms with Crippen LogP contribution in [-0.2, 0) is 11.2 Å². The Morgan fingerprint density at radius 1 is 1.41 bits per heavy atom. The van der Waals surface area contributed by atoms with E-state index in [2.05, 4.69) is 11.8 Å². The number of thioether (sulfide) groups is 1. The van der Waals surface area contributed by atoms with Gasteiger partial charge in [0.15, 0.2) is 10.9 Å². The van der Waals surface area contributed by atoms with Gasteiger partial charge >= 0.3 is 0 Å². The van der Waals surface area contributed by atoms with Crippen LogP contribution >= 0.6 is 11.8 Å². The van der Waals surface area contributed by atoms with Crippen LogP contribution in [0.2, 0.25) is 0 Å². The van der Waals surface area contributed by atoms with E-state index >= 15 is 0 Å². The number of carbonyl (C=O) groups is 2. The molecule has 17 heavy (non-hydrogen) atoms. The number of hydrogen-bond donors (Lipinski definition) is 0. The zero-order valence-electron chi connectivity index (χ0n) is 9.58. The maximum atomic E-state index is 11.4. The summed E-state index contributed by atoms with van der Waals surface area (Å²) in [6.45, 7) is 1.54. The lowest BCUT2D eigenvalue weighted by Gasteiger charge is -1.97. The molecule has 0 spiro atoms. The minimum Gasteiger partial charge on any atom is -0.294 e. The zero-order valence-corrected chi connectivity index (χ0v) is 10.4. The number of fused-ring (bicyclic) bond motifs is 1. The molecule has 0 saturated carbocycles. The quantitative estimate of drug-likeness (QED) is 0.712. The van der Waals surface area contributed by atoms with Gasteiger partial charge in [0.05, 0.1) is 5.75 Å². The molecule has 1 aromatic carbocycles. The van der Waals surface area contributed by atoms with Gasteiger partial charge in [0, 0.05) is 24.5 Å². The molecule has 1 aliphatic carbocycles. The first kappa shape index (κ1) is 11.9. The molecule has 3 heteroatoms. The Morgan fingerprint density at radius 2 is 2.24 bits per heavy atom. The monoisotopic (exact) mass is 244 g/mol. The molecule has 0 N–H and O–H groups in total. The van der Waals surface area contributed by atoms with Crippen LogP contribution < -0.4 is 0 Å². The van der Waals surface area contributed by atoms with Crippen molar-refractivity contribution < 1.29 is 9.59 Å². The van der Waals surface area contributed by atoms with Gasteiger partial charge in [-0.15, -0.1) is 0 Å². The lowest BCUT2D eigenvalue weighted by molar-refractivity contribution is -0.109. The Bertz CT molecular complexity index is 535. The molecule has 1 aliphatic rings. The number of rotatable bonds is 1. The van der Waals surface area contributed by atoms with Crippen molar-refractivity contribution >= 4 is 22.7 Å². The first-order valence-corrected chi connectivity index (χ1v) is 6.44. The average molecular weight is 244 g/mol. The van der Waals surface area contributed by atoms with Gasteiger partial charge in [-0.1, -0.05) is 23.6 Å². The largest absolute Gasteiger partial charge is 0.294 e. The van der Waals surface area contributed by atoms with Crippen LogP contribution in [0, 0.1) is 11.8 Å². The highest BCUT2D eigenvalue weighted by Gasteiger charge is 2.18. The fourth-order valence-electron chi connectivity index (χ4n) is 1.81. The van der Waals surface area contributed by atoms with E-state index < -0.39 is 0 Å². The van der Waals surface area contributed by atoms with Gasteiger partial charge in [-0.25, -0.2) is 0 Å². The van der Waals surface area contributed by atoms with E-state index in [1.165, 1.54) is 18.7 Å². The van der Waals surface area contributed by atoms with Crippen LogP contribution in [0.25, 0.3) is 0 Å². The summed E-state index contributed by atoms with van der Waals surface area (Å²) < 4.78 is 0. The number of hydrogen-bond acceptors (Lipinski definition) is 3. The molecule has 2 rings (SSSR count). The summed E-state index contributed by atoms with van der Waals surface area (Å²) in [5, 5.41) is 0.0823. The Hall–Kier alpha value is -1.53. The molecule has 0 aromatic heterocycles. The molecule has 0 amide bonds. The van der Waals surface area contributed by atoms with E-state index in [4.69, 9.17) is 0 Å². The fraction of sp³-hybridized carbons (Fsp3) is 0.286. The summed E-state index contributed by atoms with van der Waals surface area (Å²) in [6.07, 6.45) is 1.44. The lowest BCUT2D eigenvalue weighted by atomic mass is 10.1.